The predicted molar refractivity (Wildman–Crippen MR) is 25.0 cm³/mol. The first-order valence-corrected chi connectivity index (χ1v) is 1.82. The van der Waals surface area contributed by atoms with Gasteiger partial charge in [0.1, 0.15) is 9.85 Å². The Bertz CT molecular complexity index is 149. The van der Waals surface area contributed by atoms with Crippen molar-refractivity contribution >= 4 is 6.29 Å². The molecule has 0 spiro atoms. The smallest absolute Gasteiger partial charge is 1.00 e. The zero-order valence-electron chi connectivity index (χ0n) is 6.09. The number of nitro groups is 2. The molecule has 7 nitrogen and oxygen atoms in total. The summed E-state index contributed by atoms with van der Waals surface area (Å²) < 4.78 is 0. The van der Waals surface area contributed by atoms with E-state index < -0.39 is 16.0 Å². The number of aldehydes is 1. The van der Waals surface area contributed by atoms with Crippen LogP contribution in [0.15, 0.2) is 0 Å². The Balaban J connectivity index is -0.000000320. The van der Waals surface area contributed by atoms with Gasteiger partial charge in [-0.05, 0) is 0 Å². The summed E-state index contributed by atoms with van der Waals surface area (Å²) in [6, 6.07) is 0. The van der Waals surface area contributed by atoms with Crippen LogP contribution in [0.5, 0.6) is 0 Å². The second-order valence-electron chi connectivity index (χ2n) is 1.12. The number of carbonyl (C=O) groups is 1. The van der Waals surface area contributed by atoms with Crippen LogP contribution < -0.4 is 29.6 Å². The Morgan fingerprint density at radius 2 is 1.60 bits per heavy atom. The molecule has 0 saturated carbocycles. The second-order valence-corrected chi connectivity index (χ2v) is 1.12. The van der Waals surface area contributed by atoms with Gasteiger partial charge >= 0.3 is 35.7 Å². The average Bonchev–Trinajstić information content (AvgIpc) is 1.64. The minimum Gasteiger partial charge on any atom is -1.00 e. The SMILES string of the molecule is O=CC([N+](=O)[O-])[N+](=O)[O-].[H-].[Na+]. The third kappa shape index (κ3) is 3.49. The molecule has 10 heavy (non-hydrogen) atoms. The van der Waals surface area contributed by atoms with Crippen molar-refractivity contribution in [3.05, 3.63) is 20.2 Å². The minimum atomic E-state index is -2.31. The fourth-order valence-corrected chi connectivity index (χ4v) is 0.176. The summed E-state index contributed by atoms with van der Waals surface area (Å²) in [5.74, 6) is 0. The summed E-state index contributed by atoms with van der Waals surface area (Å²) in [6.45, 7) is 0. The summed E-state index contributed by atoms with van der Waals surface area (Å²) in [6.07, 6.45) is -2.65. The van der Waals surface area contributed by atoms with Gasteiger partial charge in [0.15, 0.2) is 0 Å². The number of hydrogen-bond donors (Lipinski definition) is 0. The molecular weight excluding hydrogens is 155 g/mol. The van der Waals surface area contributed by atoms with E-state index in [-0.39, 0.29) is 37.3 Å². The molecule has 0 aliphatic rings. The van der Waals surface area contributed by atoms with Gasteiger partial charge in [-0.3, -0.25) is 25.0 Å². The quantitative estimate of drug-likeness (QED) is 0.138. The summed E-state index contributed by atoms with van der Waals surface area (Å²) in [5.41, 5.74) is 0. The topological polar surface area (TPSA) is 103 Å². The van der Waals surface area contributed by atoms with Crippen LogP contribution in [0, 0.1) is 20.2 Å². The van der Waals surface area contributed by atoms with Gasteiger partial charge < -0.3 is 1.43 Å². The fourth-order valence-electron chi connectivity index (χ4n) is 0.176. The van der Waals surface area contributed by atoms with E-state index in [0.29, 0.717) is 0 Å². The van der Waals surface area contributed by atoms with E-state index in [4.69, 9.17) is 0 Å². The number of nitrogens with zero attached hydrogens (tertiary/aromatic N) is 2. The maximum atomic E-state index is 9.50. The van der Waals surface area contributed by atoms with E-state index in [1.165, 1.54) is 0 Å². The molecule has 0 saturated heterocycles. The van der Waals surface area contributed by atoms with Crippen LogP contribution in [-0.4, -0.2) is 22.3 Å². The van der Waals surface area contributed by atoms with Gasteiger partial charge in [-0.2, -0.15) is 0 Å². The number of carbonyl (C=O) groups excluding carboxylic acids is 1. The molecule has 0 unspecified atom stereocenters. The van der Waals surface area contributed by atoms with Crippen molar-refractivity contribution in [2.75, 3.05) is 0 Å². The van der Waals surface area contributed by atoms with Crippen LogP contribution in [0.25, 0.3) is 0 Å². The predicted octanol–water partition coefficient (Wildman–Crippen LogP) is -3.82. The molecule has 0 aromatic carbocycles. The molecular formula is C2H3N2NaO5. The van der Waals surface area contributed by atoms with Crippen LogP contribution in [-0.2, 0) is 4.79 Å². The molecule has 0 aromatic heterocycles. The average molecular weight is 158 g/mol. The van der Waals surface area contributed by atoms with Crippen LogP contribution in [0.1, 0.15) is 1.43 Å². The molecule has 0 aliphatic carbocycles. The van der Waals surface area contributed by atoms with Crippen molar-refractivity contribution in [3.63, 3.8) is 0 Å². The van der Waals surface area contributed by atoms with Gasteiger partial charge in [-0.1, -0.05) is 0 Å². The molecule has 8 heteroatoms. The first-order chi connectivity index (χ1) is 4.09. The maximum Gasteiger partial charge on any atom is 1.00 e. The molecule has 0 bridgehead atoms. The maximum absolute atomic E-state index is 9.50. The monoisotopic (exact) mass is 158 g/mol. The van der Waals surface area contributed by atoms with Gasteiger partial charge in [0.05, 0.1) is 0 Å². The van der Waals surface area contributed by atoms with Crippen molar-refractivity contribution in [1.29, 1.82) is 0 Å². The minimum absolute atomic E-state index is 0. The van der Waals surface area contributed by atoms with Crippen molar-refractivity contribution in [2.45, 2.75) is 6.17 Å². The van der Waals surface area contributed by atoms with Crippen molar-refractivity contribution < 1.29 is 45.6 Å². The normalized spacial score (nSPS) is 8.10. The Morgan fingerprint density at radius 1 is 1.30 bits per heavy atom. The Hall–Kier alpha value is -0.530. The first-order valence-electron chi connectivity index (χ1n) is 1.82. The van der Waals surface area contributed by atoms with E-state index in [1.54, 1.807) is 0 Å². The van der Waals surface area contributed by atoms with Gasteiger partial charge in [-0.15, -0.1) is 0 Å². The fraction of sp³-hybridized carbons (Fsp3) is 0.500. The van der Waals surface area contributed by atoms with Crippen molar-refractivity contribution in [2.24, 2.45) is 0 Å². The van der Waals surface area contributed by atoms with Gasteiger partial charge in [-0.25, -0.2) is 0 Å². The standard InChI is InChI=1S/C2H2N2O5.Na.H/c5-1-2(3(6)7)4(8)9;;/h1-2H;;/q;+1;-1. The third-order valence-electron chi connectivity index (χ3n) is 0.554. The molecule has 0 aromatic rings. The van der Waals surface area contributed by atoms with Crippen molar-refractivity contribution in [3.8, 4) is 0 Å². The summed E-state index contributed by atoms with van der Waals surface area (Å²) in [5, 5.41) is 19.0. The molecule has 0 N–H and O–H groups in total. The zero-order valence-corrected chi connectivity index (χ0v) is 7.09. The van der Waals surface area contributed by atoms with Gasteiger partial charge in [0, 0.05) is 0 Å². The first kappa shape index (κ1) is 12.2. The zero-order chi connectivity index (χ0) is 7.44. The van der Waals surface area contributed by atoms with Crippen LogP contribution in [0.4, 0.5) is 0 Å². The Labute approximate surface area is 78.5 Å². The van der Waals surface area contributed by atoms with E-state index >= 15 is 0 Å². The van der Waals surface area contributed by atoms with Crippen LogP contribution >= 0.6 is 0 Å². The number of rotatable bonds is 3. The molecule has 0 heterocycles. The Morgan fingerprint density at radius 3 is 1.60 bits per heavy atom. The Kier molecular flexibility index (Phi) is 6.42. The molecule has 0 radical (unpaired) electrons. The number of hydrogen-bond acceptors (Lipinski definition) is 5. The summed E-state index contributed by atoms with van der Waals surface area (Å²) in [7, 11) is 0. The second kappa shape index (κ2) is 5.27. The summed E-state index contributed by atoms with van der Waals surface area (Å²) >= 11 is 0. The summed E-state index contributed by atoms with van der Waals surface area (Å²) in [4.78, 5) is 26.0. The van der Waals surface area contributed by atoms with Gasteiger partial charge in [0.2, 0.25) is 0 Å². The van der Waals surface area contributed by atoms with Crippen LogP contribution in [0.3, 0.4) is 0 Å². The van der Waals surface area contributed by atoms with E-state index in [9.17, 15) is 25.0 Å². The molecule has 0 aliphatic heterocycles. The molecule has 0 rings (SSSR count). The molecule has 0 fully saturated rings. The van der Waals surface area contributed by atoms with E-state index in [2.05, 4.69) is 0 Å². The largest absolute Gasteiger partial charge is 1.00 e. The molecule has 0 amide bonds. The molecule has 52 valence electrons. The van der Waals surface area contributed by atoms with E-state index in [1.807, 2.05) is 0 Å². The van der Waals surface area contributed by atoms with Crippen molar-refractivity contribution in [1.82, 2.24) is 0 Å². The van der Waals surface area contributed by atoms with E-state index in [0.717, 1.165) is 0 Å². The van der Waals surface area contributed by atoms with Crippen LogP contribution in [0.2, 0.25) is 0 Å². The third-order valence-corrected chi connectivity index (χ3v) is 0.554. The van der Waals surface area contributed by atoms with Gasteiger partial charge in [0.25, 0.3) is 6.29 Å². The molecule has 0 atom stereocenters.